The third-order valence-corrected chi connectivity index (χ3v) is 5.90. The van der Waals surface area contributed by atoms with Gasteiger partial charge in [0.1, 0.15) is 5.82 Å². The van der Waals surface area contributed by atoms with E-state index in [9.17, 15) is 27.2 Å². The van der Waals surface area contributed by atoms with Crippen LogP contribution in [0.3, 0.4) is 0 Å². The van der Waals surface area contributed by atoms with E-state index in [1.165, 1.54) is 36.4 Å². The highest BCUT2D eigenvalue weighted by molar-refractivity contribution is 6.01. The van der Waals surface area contributed by atoms with Crippen LogP contribution in [0.25, 0.3) is 11.1 Å². The summed E-state index contributed by atoms with van der Waals surface area (Å²) in [6.45, 7) is 0.850. The maximum atomic E-state index is 13.2. The lowest BCUT2D eigenvalue weighted by Crippen LogP contribution is -2.46. The number of likely N-dealkylation sites (tertiary alicyclic amines) is 1. The molecule has 2 amide bonds. The van der Waals surface area contributed by atoms with Gasteiger partial charge in [-0.2, -0.15) is 13.2 Å². The molecule has 0 radical (unpaired) electrons. The van der Waals surface area contributed by atoms with Crippen molar-refractivity contribution in [3.8, 4) is 11.1 Å². The van der Waals surface area contributed by atoms with Gasteiger partial charge >= 0.3 is 6.18 Å². The van der Waals surface area contributed by atoms with Crippen LogP contribution in [0.15, 0.2) is 72.8 Å². The van der Waals surface area contributed by atoms with Crippen LogP contribution in [-0.2, 0) is 6.18 Å². The number of hydrogen-bond acceptors (Lipinski definition) is 2. The Kier molecular flexibility index (Phi) is 6.68. The Labute approximate surface area is 194 Å². The van der Waals surface area contributed by atoms with Crippen molar-refractivity contribution in [2.75, 3.05) is 13.1 Å². The van der Waals surface area contributed by atoms with Gasteiger partial charge in [-0.25, -0.2) is 4.39 Å². The van der Waals surface area contributed by atoms with Crippen molar-refractivity contribution in [3.63, 3.8) is 0 Å². The summed E-state index contributed by atoms with van der Waals surface area (Å²) in [6.07, 6.45) is -3.31. The number of rotatable bonds is 4. The van der Waals surface area contributed by atoms with Crippen LogP contribution in [0, 0.1) is 5.82 Å². The van der Waals surface area contributed by atoms with E-state index in [1.54, 1.807) is 29.2 Å². The van der Waals surface area contributed by atoms with Crippen molar-refractivity contribution < 1.29 is 27.2 Å². The average Bonchev–Trinajstić information content (AvgIpc) is 2.84. The lowest BCUT2D eigenvalue weighted by Gasteiger charge is -2.33. The highest BCUT2D eigenvalue weighted by Gasteiger charge is 2.30. The van der Waals surface area contributed by atoms with E-state index < -0.39 is 17.6 Å². The molecule has 1 aliphatic rings. The van der Waals surface area contributed by atoms with Gasteiger partial charge in [-0.3, -0.25) is 9.59 Å². The zero-order chi connectivity index (χ0) is 24.3. The smallest absolute Gasteiger partial charge is 0.349 e. The lowest BCUT2D eigenvalue weighted by molar-refractivity contribution is -0.137. The molecule has 176 valence electrons. The summed E-state index contributed by atoms with van der Waals surface area (Å²) < 4.78 is 51.7. The number of amides is 2. The lowest BCUT2D eigenvalue weighted by atomic mass is 9.96. The largest absolute Gasteiger partial charge is 0.416 e. The van der Waals surface area contributed by atoms with Crippen molar-refractivity contribution >= 4 is 11.8 Å². The number of benzene rings is 3. The van der Waals surface area contributed by atoms with E-state index in [-0.39, 0.29) is 17.9 Å². The van der Waals surface area contributed by atoms with Gasteiger partial charge in [-0.05, 0) is 66.4 Å². The summed E-state index contributed by atoms with van der Waals surface area (Å²) in [5.74, 6) is -0.920. The molecule has 0 aromatic heterocycles. The fourth-order valence-electron chi connectivity index (χ4n) is 4.03. The molecule has 0 atom stereocenters. The molecule has 1 aliphatic heterocycles. The van der Waals surface area contributed by atoms with Gasteiger partial charge in [0.2, 0.25) is 0 Å². The van der Waals surface area contributed by atoms with E-state index in [2.05, 4.69) is 5.32 Å². The fraction of sp³-hybridized carbons (Fsp3) is 0.231. The van der Waals surface area contributed by atoms with E-state index in [4.69, 9.17) is 0 Å². The number of nitrogens with one attached hydrogen (secondary N) is 1. The summed E-state index contributed by atoms with van der Waals surface area (Å²) in [5, 5.41) is 2.92. The Morgan fingerprint density at radius 3 is 2.09 bits per heavy atom. The number of halogens is 4. The summed E-state index contributed by atoms with van der Waals surface area (Å²) in [4.78, 5) is 27.3. The van der Waals surface area contributed by atoms with Gasteiger partial charge in [0, 0.05) is 30.3 Å². The van der Waals surface area contributed by atoms with Gasteiger partial charge in [0.05, 0.1) is 5.56 Å². The second-order valence-corrected chi connectivity index (χ2v) is 8.17. The Morgan fingerprint density at radius 1 is 0.853 bits per heavy atom. The average molecular weight is 470 g/mol. The topological polar surface area (TPSA) is 49.4 Å². The molecular formula is C26H22F4N2O2. The predicted molar refractivity (Wildman–Crippen MR) is 120 cm³/mol. The highest BCUT2D eigenvalue weighted by Crippen LogP contribution is 2.32. The van der Waals surface area contributed by atoms with Crippen LogP contribution in [0.1, 0.15) is 39.1 Å². The minimum absolute atomic E-state index is 0.119. The molecule has 4 nitrogen and oxygen atoms in total. The molecule has 4 rings (SSSR count). The molecule has 0 spiro atoms. The molecule has 1 fully saturated rings. The van der Waals surface area contributed by atoms with Gasteiger partial charge in [-0.1, -0.05) is 30.3 Å². The van der Waals surface area contributed by atoms with Crippen molar-refractivity contribution in [3.05, 3.63) is 95.3 Å². The Bertz CT molecular complexity index is 1170. The van der Waals surface area contributed by atoms with Gasteiger partial charge in [-0.15, -0.1) is 0 Å². The molecule has 0 saturated carbocycles. The molecule has 1 N–H and O–H groups in total. The molecule has 3 aromatic carbocycles. The molecular weight excluding hydrogens is 448 g/mol. The summed E-state index contributed by atoms with van der Waals surface area (Å²) in [7, 11) is 0. The van der Waals surface area contributed by atoms with E-state index in [1.807, 2.05) is 0 Å². The quantitative estimate of drug-likeness (QED) is 0.509. The Hall–Kier alpha value is -3.68. The monoisotopic (exact) mass is 470 g/mol. The highest BCUT2D eigenvalue weighted by atomic mass is 19.4. The minimum Gasteiger partial charge on any atom is -0.349 e. The van der Waals surface area contributed by atoms with Crippen LogP contribution in [-0.4, -0.2) is 35.8 Å². The Balaban J connectivity index is 1.42. The second kappa shape index (κ2) is 9.67. The SMILES string of the molecule is O=C(NC1CCN(C(=O)c2ccccc2-c2ccc(C(F)(F)F)cc2)CC1)c1ccc(F)cc1. The maximum absolute atomic E-state index is 13.2. The number of hydrogen-bond donors (Lipinski definition) is 1. The Morgan fingerprint density at radius 2 is 1.47 bits per heavy atom. The van der Waals surface area contributed by atoms with Crippen LogP contribution < -0.4 is 5.32 Å². The first-order chi connectivity index (χ1) is 16.2. The molecule has 8 heteroatoms. The zero-order valence-electron chi connectivity index (χ0n) is 18.1. The standard InChI is InChI=1S/C26H22F4N2O2/c27-20-11-7-18(8-12-20)24(33)31-21-13-15-32(16-14-21)25(34)23-4-2-1-3-22(23)17-5-9-19(10-6-17)26(28,29)30/h1-12,21H,13-16H2,(H,31,33). The maximum Gasteiger partial charge on any atom is 0.416 e. The van der Waals surface area contributed by atoms with Crippen molar-refractivity contribution in [1.82, 2.24) is 10.2 Å². The van der Waals surface area contributed by atoms with Crippen LogP contribution >= 0.6 is 0 Å². The molecule has 1 saturated heterocycles. The van der Waals surface area contributed by atoms with Crippen molar-refractivity contribution in [2.24, 2.45) is 0 Å². The number of alkyl halides is 3. The molecule has 1 heterocycles. The fourth-order valence-corrected chi connectivity index (χ4v) is 4.03. The van der Waals surface area contributed by atoms with Crippen LogP contribution in [0.5, 0.6) is 0 Å². The number of piperidine rings is 1. The first-order valence-electron chi connectivity index (χ1n) is 10.8. The second-order valence-electron chi connectivity index (χ2n) is 8.17. The third kappa shape index (κ3) is 5.27. The van der Waals surface area contributed by atoms with Gasteiger partial charge in [0.15, 0.2) is 0 Å². The summed E-state index contributed by atoms with van der Waals surface area (Å²) >= 11 is 0. The van der Waals surface area contributed by atoms with E-state index in [0.29, 0.717) is 48.2 Å². The molecule has 0 aliphatic carbocycles. The number of nitrogens with zero attached hydrogens (tertiary/aromatic N) is 1. The molecule has 34 heavy (non-hydrogen) atoms. The number of carbonyl (C=O) groups is 2. The molecule has 0 bridgehead atoms. The molecule has 0 unspecified atom stereocenters. The van der Waals surface area contributed by atoms with Gasteiger partial charge in [0.25, 0.3) is 11.8 Å². The first-order valence-corrected chi connectivity index (χ1v) is 10.8. The van der Waals surface area contributed by atoms with Gasteiger partial charge < -0.3 is 10.2 Å². The van der Waals surface area contributed by atoms with E-state index in [0.717, 1.165) is 12.1 Å². The van der Waals surface area contributed by atoms with Crippen LogP contribution in [0.4, 0.5) is 17.6 Å². The predicted octanol–water partition coefficient (Wildman–Crippen LogP) is 5.55. The summed E-state index contributed by atoms with van der Waals surface area (Å²) in [6, 6.07) is 16.8. The normalized spacial score (nSPS) is 14.6. The molecule has 3 aromatic rings. The zero-order valence-corrected chi connectivity index (χ0v) is 18.1. The van der Waals surface area contributed by atoms with Crippen LogP contribution in [0.2, 0.25) is 0 Å². The minimum atomic E-state index is -4.43. The first kappa shape index (κ1) is 23.5. The third-order valence-electron chi connectivity index (χ3n) is 5.90. The van der Waals surface area contributed by atoms with Crippen molar-refractivity contribution in [1.29, 1.82) is 0 Å². The summed E-state index contributed by atoms with van der Waals surface area (Å²) in [5.41, 5.74) is 1.12. The van der Waals surface area contributed by atoms with E-state index >= 15 is 0 Å². The van der Waals surface area contributed by atoms with Crippen molar-refractivity contribution in [2.45, 2.75) is 25.1 Å². The number of carbonyl (C=O) groups excluding carboxylic acids is 2.